The second-order valence-corrected chi connectivity index (χ2v) is 4.74. The maximum atomic E-state index is 5.47. The summed E-state index contributed by atoms with van der Waals surface area (Å²) in [5.41, 5.74) is 2.58. The molecule has 0 aliphatic rings. The number of ether oxygens (including phenoxy) is 1. The summed E-state index contributed by atoms with van der Waals surface area (Å²) < 4.78 is 5.47. The highest BCUT2D eigenvalue weighted by Gasteiger charge is 2.02. The first-order valence-corrected chi connectivity index (χ1v) is 6.95. The Bertz CT molecular complexity index is 498. The van der Waals surface area contributed by atoms with Crippen LogP contribution < -0.4 is 10.1 Å². The van der Waals surface area contributed by atoms with Crippen molar-refractivity contribution in [3.05, 3.63) is 34.2 Å². The average Bonchev–Trinajstić information content (AvgIpc) is 2.80. The minimum absolute atomic E-state index is 0.606. The van der Waals surface area contributed by atoms with E-state index in [1.54, 1.807) is 23.6 Å². The first kappa shape index (κ1) is 12.8. The van der Waals surface area contributed by atoms with E-state index in [1.165, 1.54) is 11.1 Å². The third kappa shape index (κ3) is 3.43. The van der Waals surface area contributed by atoms with Gasteiger partial charge in [-0.1, -0.05) is 6.92 Å². The second kappa shape index (κ2) is 6.35. The van der Waals surface area contributed by atoms with E-state index in [2.05, 4.69) is 39.9 Å². The van der Waals surface area contributed by atoms with E-state index in [-0.39, 0.29) is 0 Å². The molecule has 0 aromatic carbocycles. The van der Waals surface area contributed by atoms with E-state index in [1.807, 2.05) is 0 Å². The molecule has 4 nitrogen and oxygen atoms in total. The average molecular weight is 263 g/mol. The van der Waals surface area contributed by atoms with Crippen LogP contribution in [0.5, 0.6) is 5.88 Å². The molecule has 2 rings (SSSR count). The number of thiophene rings is 1. The first-order chi connectivity index (χ1) is 8.79. The van der Waals surface area contributed by atoms with E-state index < -0.39 is 0 Å². The van der Waals surface area contributed by atoms with Crippen LogP contribution >= 0.6 is 11.3 Å². The summed E-state index contributed by atoms with van der Waals surface area (Å²) in [4.78, 5) is 8.48. The van der Waals surface area contributed by atoms with Crippen LogP contribution in [0.1, 0.15) is 24.5 Å². The number of aromatic nitrogens is 2. The molecule has 0 radical (unpaired) electrons. The number of anilines is 1. The molecule has 0 bridgehead atoms. The molecule has 0 aliphatic carbocycles. The predicted octanol–water partition coefficient (Wildman–Crippen LogP) is 3.25. The van der Waals surface area contributed by atoms with Crippen LogP contribution in [0.25, 0.3) is 0 Å². The lowest BCUT2D eigenvalue weighted by atomic mass is 10.2. The van der Waals surface area contributed by atoms with Crippen molar-refractivity contribution in [1.29, 1.82) is 0 Å². The summed E-state index contributed by atoms with van der Waals surface area (Å²) in [5, 5.41) is 7.49. The van der Waals surface area contributed by atoms with Gasteiger partial charge in [0.1, 0.15) is 0 Å². The van der Waals surface area contributed by atoms with Gasteiger partial charge in [0.2, 0.25) is 11.8 Å². The van der Waals surface area contributed by atoms with Crippen molar-refractivity contribution in [2.45, 2.75) is 26.8 Å². The van der Waals surface area contributed by atoms with Gasteiger partial charge in [-0.3, -0.25) is 0 Å². The predicted molar refractivity (Wildman–Crippen MR) is 74.2 cm³/mol. The number of aryl methyl sites for hydroxylation is 1. The Hall–Kier alpha value is -1.62. The minimum atomic E-state index is 0.606. The largest absolute Gasteiger partial charge is 0.478 e. The molecule has 0 unspecified atom stereocenters. The number of hydrogen-bond acceptors (Lipinski definition) is 5. The Kier molecular flexibility index (Phi) is 4.52. The summed E-state index contributed by atoms with van der Waals surface area (Å²) in [6, 6.07) is 1.77. The van der Waals surface area contributed by atoms with Gasteiger partial charge in [0.05, 0.1) is 6.61 Å². The van der Waals surface area contributed by atoms with Gasteiger partial charge >= 0.3 is 0 Å². The molecule has 18 heavy (non-hydrogen) atoms. The number of hydrogen-bond donors (Lipinski definition) is 1. The molecule has 2 heterocycles. The number of rotatable bonds is 6. The van der Waals surface area contributed by atoms with Crippen molar-refractivity contribution < 1.29 is 4.74 Å². The van der Waals surface area contributed by atoms with E-state index in [0.29, 0.717) is 18.4 Å². The van der Waals surface area contributed by atoms with Crippen molar-refractivity contribution in [2.75, 3.05) is 11.9 Å². The summed E-state index contributed by atoms with van der Waals surface area (Å²) in [6.45, 7) is 5.60. The van der Waals surface area contributed by atoms with Gasteiger partial charge in [-0.15, -0.1) is 0 Å². The zero-order chi connectivity index (χ0) is 12.8. The van der Waals surface area contributed by atoms with Crippen LogP contribution in [0.4, 0.5) is 5.95 Å². The SMILES string of the molecule is CCCOc1ccnc(NCc2cscc2C)n1. The van der Waals surface area contributed by atoms with Crippen LogP contribution in [-0.4, -0.2) is 16.6 Å². The van der Waals surface area contributed by atoms with E-state index in [0.717, 1.165) is 13.0 Å². The van der Waals surface area contributed by atoms with Gasteiger partial charge in [0.25, 0.3) is 0 Å². The lowest BCUT2D eigenvalue weighted by molar-refractivity contribution is 0.305. The summed E-state index contributed by atoms with van der Waals surface area (Å²) in [5.74, 6) is 1.23. The lowest BCUT2D eigenvalue weighted by Crippen LogP contribution is -2.05. The Labute approximate surface area is 111 Å². The summed E-state index contributed by atoms with van der Waals surface area (Å²) in [7, 11) is 0. The van der Waals surface area contributed by atoms with Gasteiger partial charge in [-0.25, -0.2) is 4.98 Å². The van der Waals surface area contributed by atoms with E-state index in [9.17, 15) is 0 Å². The highest BCUT2D eigenvalue weighted by atomic mass is 32.1. The maximum absolute atomic E-state index is 5.47. The van der Waals surface area contributed by atoms with Crippen molar-refractivity contribution in [3.8, 4) is 5.88 Å². The number of nitrogens with one attached hydrogen (secondary N) is 1. The maximum Gasteiger partial charge on any atom is 0.226 e. The fourth-order valence-electron chi connectivity index (χ4n) is 1.46. The molecule has 0 aliphatic heterocycles. The Morgan fingerprint density at radius 2 is 2.28 bits per heavy atom. The molecule has 0 fully saturated rings. The van der Waals surface area contributed by atoms with E-state index >= 15 is 0 Å². The molecule has 0 atom stereocenters. The quantitative estimate of drug-likeness (QED) is 0.869. The fourth-order valence-corrected chi connectivity index (χ4v) is 2.31. The Morgan fingerprint density at radius 1 is 1.39 bits per heavy atom. The molecule has 2 aromatic heterocycles. The van der Waals surface area contributed by atoms with Crippen molar-refractivity contribution in [1.82, 2.24) is 9.97 Å². The molecule has 0 amide bonds. The minimum Gasteiger partial charge on any atom is -0.478 e. The molecule has 0 spiro atoms. The standard InChI is InChI=1S/C13H17N3OS/c1-3-6-17-12-4-5-14-13(16-12)15-7-11-9-18-8-10(11)2/h4-5,8-9H,3,6-7H2,1-2H3,(H,14,15,16). The smallest absolute Gasteiger partial charge is 0.226 e. The third-order valence-corrected chi connectivity index (χ3v) is 3.39. The lowest BCUT2D eigenvalue weighted by Gasteiger charge is -2.07. The van der Waals surface area contributed by atoms with Crippen molar-refractivity contribution >= 4 is 17.3 Å². The van der Waals surface area contributed by atoms with Crippen molar-refractivity contribution in [3.63, 3.8) is 0 Å². The fraction of sp³-hybridized carbons (Fsp3) is 0.385. The van der Waals surface area contributed by atoms with Crippen LogP contribution in [0, 0.1) is 6.92 Å². The molecule has 1 N–H and O–H groups in total. The van der Waals surface area contributed by atoms with Gasteiger partial charge in [-0.05, 0) is 35.2 Å². The number of nitrogens with zero attached hydrogens (tertiary/aromatic N) is 2. The monoisotopic (exact) mass is 263 g/mol. The Morgan fingerprint density at radius 3 is 3.00 bits per heavy atom. The summed E-state index contributed by atoms with van der Waals surface area (Å²) in [6.07, 6.45) is 2.68. The molecular weight excluding hydrogens is 246 g/mol. The van der Waals surface area contributed by atoms with Crippen LogP contribution in [-0.2, 0) is 6.54 Å². The molecule has 0 saturated carbocycles. The molecule has 2 aromatic rings. The van der Waals surface area contributed by atoms with Gasteiger partial charge in [0, 0.05) is 18.8 Å². The summed E-state index contributed by atoms with van der Waals surface area (Å²) >= 11 is 1.71. The first-order valence-electron chi connectivity index (χ1n) is 6.01. The zero-order valence-electron chi connectivity index (χ0n) is 10.6. The van der Waals surface area contributed by atoms with Gasteiger partial charge in [-0.2, -0.15) is 16.3 Å². The van der Waals surface area contributed by atoms with Gasteiger partial charge < -0.3 is 10.1 Å². The van der Waals surface area contributed by atoms with Crippen LogP contribution in [0.3, 0.4) is 0 Å². The van der Waals surface area contributed by atoms with Crippen molar-refractivity contribution in [2.24, 2.45) is 0 Å². The molecule has 96 valence electrons. The van der Waals surface area contributed by atoms with Crippen LogP contribution in [0.2, 0.25) is 0 Å². The normalized spacial score (nSPS) is 10.3. The van der Waals surface area contributed by atoms with Crippen LogP contribution in [0.15, 0.2) is 23.0 Å². The highest BCUT2D eigenvalue weighted by Crippen LogP contribution is 2.15. The highest BCUT2D eigenvalue weighted by molar-refractivity contribution is 7.08. The van der Waals surface area contributed by atoms with E-state index in [4.69, 9.17) is 4.74 Å². The Balaban J connectivity index is 1.95. The molecule has 0 saturated heterocycles. The topological polar surface area (TPSA) is 47.0 Å². The van der Waals surface area contributed by atoms with Gasteiger partial charge in [0.15, 0.2) is 0 Å². The third-order valence-electron chi connectivity index (χ3n) is 2.48. The second-order valence-electron chi connectivity index (χ2n) is 4.00. The zero-order valence-corrected chi connectivity index (χ0v) is 11.5. The molecular formula is C13H17N3OS. The molecule has 5 heteroatoms.